The maximum Gasteiger partial charge on any atom is 0.0465 e. The molecule has 620 valence electrons. The quantitative estimate of drug-likeness (QED) is 0.107. The van der Waals surface area contributed by atoms with Gasteiger partial charge in [0.1, 0.15) is 0 Å². The van der Waals surface area contributed by atoms with Gasteiger partial charge in [-0.05, 0) is 297 Å². The van der Waals surface area contributed by atoms with Crippen LogP contribution in [-0.4, -0.2) is 0 Å². The summed E-state index contributed by atoms with van der Waals surface area (Å²) in [6, 6.07) is 166. The molecule has 4 aliphatic carbocycles. The zero-order chi connectivity index (χ0) is 87.7. The van der Waals surface area contributed by atoms with E-state index in [2.05, 4.69) is 514 Å². The van der Waals surface area contributed by atoms with Crippen molar-refractivity contribution in [2.75, 3.05) is 9.80 Å². The minimum absolute atomic E-state index is 0.0530. The van der Waals surface area contributed by atoms with E-state index in [0.717, 1.165) is 34.1 Å². The molecular weight excluding hydrogens is 1570 g/mol. The number of benzene rings is 20. The Morgan fingerprint density at radius 1 is 0.131 bits per heavy atom. The Kier molecular flexibility index (Phi) is 19.0. The third-order valence-corrected chi connectivity index (χ3v) is 29.0. The van der Waals surface area contributed by atoms with Crippen molar-refractivity contribution in [2.24, 2.45) is 0 Å². The van der Waals surface area contributed by atoms with Crippen molar-refractivity contribution in [2.45, 2.75) is 77.0 Å². The normalized spacial score (nSPS) is 13.8. The first-order chi connectivity index (χ1) is 63.4. The molecule has 24 rings (SSSR count). The first-order valence-electron chi connectivity index (χ1n) is 45.8. The Morgan fingerprint density at radius 2 is 0.331 bits per heavy atom. The Bertz CT molecular complexity index is 7540. The summed E-state index contributed by atoms with van der Waals surface area (Å²) in [5.74, 6) is 0. The van der Waals surface area contributed by atoms with Gasteiger partial charge in [0, 0.05) is 55.8 Å². The summed E-state index contributed by atoms with van der Waals surface area (Å²) in [5.41, 5.74) is 47.6. The second-order valence-corrected chi connectivity index (χ2v) is 37.9. The number of hydrogen-bond donors (Lipinski definition) is 0. The zero-order valence-corrected chi connectivity index (χ0v) is 74.6. The molecule has 2 nitrogen and oxygen atoms in total. The summed E-state index contributed by atoms with van der Waals surface area (Å²) in [5, 5.41) is 5.03. The SMILES string of the molecule is CC1(C)c2cc(-c3ccc(-c4ccccc4)cc3)ccc2-c2ccc(N(c3ccc(-c4cccc5ccccc45)cc3)c3ccc(-c4cccc5ccccc45)cc3)cc21.CC1(C)c2ccccc2-c2ccc(-c3ccc(N(c4ccc(-c5ccc6c(c5)C(C)(C)c5ccccc5-6)cc4)c4ccc5c(c4)C(C)(C)c4cc(-c6ccc(-c7ccccc7)cc6)ccc4-5)cc3)cc21. The van der Waals surface area contributed by atoms with E-state index in [1.54, 1.807) is 0 Å². The van der Waals surface area contributed by atoms with E-state index in [0.29, 0.717) is 0 Å². The smallest absolute Gasteiger partial charge is 0.0465 e. The average Bonchev–Trinajstić information content (AvgIpc) is 1.56. The van der Waals surface area contributed by atoms with Gasteiger partial charge in [-0.25, -0.2) is 0 Å². The van der Waals surface area contributed by atoms with Crippen LogP contribution in [0.15, 0.2) is 449 Å². The molecule has 0 unspecified atom stereocenters. The van der Waals surface area contributed by atoms with Gasteiger partial charge in [0.15, 0.2) is 0 Å². The van der Waals surface area contributed by atoms with Crippen molar-refractivity contribution in [3.05, 3.63) is 493 Å². The second-order valence-electron chi connectivity index (χ2n) is 37.9. The van der Waals surface area contributed by atoms with Gasteiger partial charge < -0.3 is 9.80 Å². The fourth-order valence-electron chi connectivity index (χ4n) is 21.9. The molecule has 130 heavy (non-hydrogen) atoms. The van der Waals surface area contributed by atoms with Crippen LogP contribution in [0, 0.1) is 0 Å². The van der Waals surface area contributed by atoms with Crippen LogP contribution in [0.1, 0.15) is 99.9 Å². The predicted molar refractivity (Wildman–Crippen MR) is 551 cm³/mol. The summed E-state index contributed by atoms with van der Waals surface area (Å²) in [7, 11) is 0. The van der Waals surface area contributed by atoms with E-state index < -0.39 is 0 Å². The lowest BCUT2D eigenvalue weighted by Crippen LogP contribution is -2.16. The molecule has 0 bridgehead atoms. The Morgan fingerprint density at radius 3 is 0.654 bits per heavy atom. The summed E-state index contributed by atoms with van der Waals surface area (Å²) in [4.78, 5) is 4.86. The summed E-state index contributed by atoms with van der Waals surface area (Å²) >= 11 is 0. The van der Waals surface area contributed by atoms with Crippen LogP contribution in [0.25, 0.3) is 155 Å². The minimum atomic E-state index is -0.206. The Balaban J connectivity index is 0.000000150. The summed E-state index contributed by atoms with van der Waals surface area (Å²) < 4.78 is 0. The number of anilines is 6. The third kappa shape index (κ3) is 13.5. The van der Waals surface area contributed by atoms with Crippen molar-refractivity contribution in [1.29, 1.82) is 0 Å². The highest BCUT2D eigenvalue weighted by atomic mass is 15.1. The average molecular weight is 1660 g/mol. The molecule has 20 aromatic rings. The first kappa shape index (κ1) is 79.2. The summed E-state index contributed by atoms with van der Waals surface area (Å²) in [6.07, 6.45) is 0. The molecule has 0 radical (unpaired) electrons. The molecule has 0 heterocycles. The van der Waals surface area contributed by atoms with Crippen molar-refractivity contribution in [1.82, 2.24) is 0 Å². The molecule has 0 amide bonds. The van der Waals surface area contributed by atoms with E-state index in [-0.39, 0.29) is 21.7 Å². The van der Waals surface area contributed by atoms with E-state index in [1.807, 2.05) is 0 Å². The van der Waals surface area contributed by atoms with Gasteiger partial charge in [-0.3, -0.25) is 0 Å². The van der Waals surface area contributed by atoms with Crippen LogP contribution in [0.2, 0.25) is 0 Å². The van der Waals surface area contributed by atoms with Gasteiger partial charge in [-0.15, -0.1) is 0 Å². The fourth-order valence-corrected chi connectivity index (χ4v) is 21.9. The van der Waals surface area contributed by atoms with Crippen LogP contribution in [0.5, 0.6) is 0 Å². The van der Waals surface area contributed by atoms with E-state index in [9.17, 15) is 0 Å². The number of nitrogens with zero attached hydrogens (tertiary/aromatic N) is 2. The van der Waals surface area contributed by atoms with Gasteiger partial charge in [-0.1, -0.05) is 407 Å². The largest absolute Gasteiger partial charge is 0.310 e. The van der Waals surface area contributed by atoms with Gasteiger partial charge in [0.05, 0.1) is 0 Å². The van der Waals surface area contributed by atoms with E-state index in [4.69, 9.17) is 0 Å². The van der Waals surface area contributed by atoms with Crippen molar-refractivity contribution < 1.29 is 0 Å². The molecule has 4 aliphatic rings. The van der Waals surface area contributed by atoms with Crippen molar-refractivity contribution in [3.63, 3.8) is 0 Å². The van der Waals surface area contributed by atoms with Crippen LogP contribution in [0.4, 0.5) is 34.1 Å². The molecule has 0 spiro atoms. The van der Waals surface area contributed by atoms with Gasteiger partial charge >= 0.3 is 0 Å². The summed E-state index contributed by atoms with van der Waals surface area (Å²) in [6.45, 7) is 19.0. The first-order valence-corrected chi connectivity index (χ1v) is 45.8. The molecule has 0 aromatic heterocycles. The number of hydrogen-bond acceptors (Lipinski definition) is 2. The predicted octanol–water partition coefficient (Wildman–Crippen LogP) is 35.2. The van der Waals surface area contributed by atoms with Crippen LogP contribution in [0.3, 0.4) is 0 Å². The molecule has 0 aliphatic heterocycles. The van der Waals surface area contributed by atoms with Gasteiger partial charge in [0.2, 0.25) is 0 Å². The highest BCUT2D eigenvalue weighted by molar-refractivity contribution is 6.00. The Hall–Kier alpha value is -15.5. The third-order valence-electron chi connectivity index (χ3n) is 29.0. The van der Waals surface area contributed by atoms with Crippen LogP contribution >= 0.6 is 0 Å². The van der Waals surface area contributed by atoms with Crippen LogP contribution in [-0.2, 0) is 21.7 Å². The molecule has 0 fully saturated rings. The molecule has 0 N–H and O–H groups in total. The number of fused-ring (bicyclic) bond motifs is 14. The molecule has 0 saturated heterocycles. The lowest BCUT2D eigenvalue weighted by Gasteiger charge is -2.28. The van der Waals surface area contributed by atoms with E-state index in [1.165, 1.54) is 200 Å². The standard InChI is InChI=1S/C69H55N.C59H43N/c1-67(2)61-18-12-10-16-55(61)57-36-28-50(40-63(57)67)47-24-31-52(32-25-47)70(53-33-26-48(27-34-53)51-29-37-58-56-17-11-13-19-62(56)68(3,4)64(58)41-51)54-35-39-60-59-38-30-49(42-65(59)69(5,6)66(60)43-54)46-22-20-45(21-23-46)44-14-8-7-9-15-44;1-59(2)57-38-47(42-24-22-41(23-25-42)40-12-4-3-5-13-40)30-36-55(57)56-37-35-50(39-58(56)59)60(48-31-26-45(27-32-48)53-20-10-16-43-14-6-8-18-51(43)53)49-33-28-46(29-34-49)54-21-11-17-44-15-7-9-19-52(44)54/h7-43H,1-6H3;3-39H,1-2H3. The van der Waals surface area contributed by atoms with E-state index >= 15 is 0 Å². The molecule has 0 saturated carbocycles. The Labute approximate surface area is 764 Å². The maximum absolute atomic E-state index is 2.45. The van der Waals surface area contributed by atoms with Gasteiger partial charge in [-0.2, -0.15) is 0 Å². The van der Waals surface area contributed by atoms with Gasteiger partial charge in [0.25, 0.3) is 0 Å². The van der Waals surface area contributed by atoms with Crippen LogP contribution < -0.4 is 9.80 Å². The highest BCUT2D eigenvalue weighted by Gasteiger charge is 2.41. The zero-order valence-electron chi connectivity index (χ0n) is 74.6. The molecular formula is C128H98N2. The lowest BCUT2D eigenvalue weighted by molar-refractivity contribution is 0.660. The van der Waals surface area contributed by atoms with Crippen molar-refractivity contribution in [3.8, 4) is 134 Å². The molecule has 2 heteroatoms. The highest BCUT2D eigenvalue weighted by Crippen LogP contribution is 2.57. The molecule has 0 atom stereocenters. The maximum atomic E-state index is 2.45. The lowest BCUT2D eigenvalue weighted by atomic mass is 9.81. The monoisotopic (exact) mass is 1660 g/mol. The molecule has 20 aromatic carbocycles. The topological polar surface area (TPSA) is 6.48 Å². The minimum Gasteiger partial charge on any atom is -0.310 e. The fraction of sp³-hybridized carbons (Fsp3) is 0.0938. The van der Waals surface area contributed by atoms with Crippen molar-refractivity contribution >= 4 is 55.7 Å². The second kappa shape index (κ2) is 31.2. The number of rotatable bonds is 14.